The lowest BCUT2D eigenvalue weighted by Crippen LogP contribution is -2.09. The average molecular weight is 1860 g/mol. The van der Waals surface area contributed by atoms with Gasteiger partial charge < -0.3 is 87.2 Å². The van der Waals surface area contributed by atoms with Crippen LogP contribution in [0.15, 0.2) is 155 Å². The van der Waals surface area contributed by atoms with Crippen molar-refractivity contribution in [3.63, 3.8) is 0 Å². The van der Waals surface area contributed by atoms with E-state index in [2.05, 4.69) is 110 Å². The van der Waals surface area contributed by atoms with E-state index in [0.29, 0.717) is 152 Å². The number of aromatic nitrogens is 12. The SMILES string of the molecule is COc1cc2ncnc(Nc3ccc(NS(C)(=O)=O)o3)c2cc1OC.COc1cc2ncnc(Nc3ccc(NS(C)(=O)=O)s3)c2cc1OC.COc1cc2ncnc(Nc3cnc(NS(C)(=O)=O)o3)c2cc1OC.COc1cc2ncnc(Nc3cnc(NS(C)(=O)=O)s3)c2cc1OC.COc1cc2ncnc(Nc3coc(NS(C)(=O)=O)c3)c2cc1OC. The maximum atomic E-state index is 11.3. The highest BCUT2D eigenvalue weighted by Gasteiger charge is 2.21. The third-order valence-electron chi connectivity index (χ3n) is 16.2. The molecule has 0 fully saturated rings. The molecule has 0 aliphatic carbocycles. The molecule has 0 aliphatic rings. The largest absolute Gasteiger partial charge is 0.493 e. The molecule has 0 unspecified atom stereocenters. The molecule has 10 aromatic heterocycles. The third-order valence-corrected chi connectivity index (χ3v) is 21.0. The van der Waals surface area contributed by atoms with Gasteiger partial charge in [-0.05, 0) is 42.5 Å². The van der Waals surface area contributed by atoms with Crippen LogP contribution >= 0.6 is 22.7 Å². The molecule has 0 aliphatic heterocycles. The van der Waals surface area contributed by atoms with Crippen LogP contribution in [0.25, 0.3) is 54.5 Å². The number of thiophene rings is 1. The van der Waals surface area contributed by atoms with E-state index in [9.17, 15) is 42.1 Å². The fourth-order valence-corrected chi connectivity index (χ4v) is 15.6. The number of oxazole rings is 1. The Balaban J connectivity index is 0.000000152. The van der Waals surface area contributed by atoms with Gasteiger partial charge in [-0.1, -0.05) is 11.3 Å². The topological polar surface area (TPSA) is 577 Å². The predicted molar refractivity (Wildman–Crippen MR) is 472 cm³/mol. The molecule has 0 saturated heterocycles. The molecule has 0 radical (unpaired) electrons. The van der Waals surface area contributed by atoms with Crippen molar-refractivity contribution in [3.05, 3.63) is 141 Å². The van der Waals surface area contributed by atoms with E-state index in [4.69, 9.17) is 60.6 Å². The van der Waals surface area contributed by atoms with Crippen molar-refractivity contribution in [2.75, 3.05) is 153 Å². The van der Waals surface area contributed by atoms with Gasteiger partial charge in [0.2, 0.25) is 73.7 Å². The van der Waals surface area contributed by atoms with Gasteiger partial charge in [-0.25, -0.2) is 102 Å². The first-order chi connectivity index (χ1) is 59.5. The number of furan rings is 2. The molecule has 52 heteroatoms. The summed E-state index contributed by atoms with van der Waals surface area (Å²) in [4.78, 5) is 50.0. The Bertz CT molecular complexity index is 6050. The van der Waals surface area contributed by atoms with Crippen LogP contribution in [-0.4, -0.2) is 204 Å². The molecule has 15 aromatic rings. The number of rotatable bonds is 30. The zero-order chi connectivity index (χ0) is 90.1. The minimum Gasteiger partial charge on any atom is -0.493 e. The van der Waals surface area contributed by atoms with Crippen molar-refractivity contribution in [3.8, 4) is 57.5 Å². The normalized spacial score (nSPS) is 11.3. The van der Waals surface area contributed by atoms with Gasteiger partial charge in [0, 0.05) is 75.5 Å². The first-order valence-electron chi connectivity index (χ1n) is 35.2. The number of sulfonamides is 5. The number of thiazole rings is 1. The zero-order valence-corrected chi connectivity index (χ0v) is 74.1. The number of nitrogens with one attached hydrogen (secondary N) is 10. The van der Waals surface area contributed by atoms with E-state index in [-0.39, 0.29) is 28.8 Å². The quantitative estimate of drug-likeness (QED) is 0.0200. The Labute approximate surface area is 721 Å². The highest BCUT2D eigenvalue weighted by Crippen LogP contribution is 2.42. The molecule has 45 nitrogen and oxygen atoms in total. The lowest BCUT2D eigenvalue weighted by Gasteiger charge is -2.11. The maximum Gasteiger partial charge on any atom is 0.310 e. The summed E-state index contributed by atoms with van der Waals surface area (Å²) < 4.78 is 193. The minimum absolute atomic E-state index is 0.0996. The van der Waals surface area contributed by atoms with Crippen LogP contribution in [0.2, 0.25) is 0 Å². The van der Waals surface area contributed by atoms with E-state index in [1.165, 1.54) is 95.1 Å². The molecular formula is C73H78N22O23S7. The van der Waals surface area contributed by atoms with Crippen LogP contribution < -0.4 is 97.6 Å². The molecule has 0 atom stereocenters. The van der Waals surface area contributed by atoms with Gasteiger partial charge in [0.1, 0.15) is 77.0 Å². The molecule has 10 heterocycles. The summed E-state index contributed by atoms with van der Waals surface area (Å²) in [5.74, 6) is 8.79. The van der Waals surface area contributed by atoms with Crippen LogP contribution in [0.1, 0.15) is 0 Å². The zero-order valence-electron chi connectivity index (χ0n) is 68.4. The van der Waals surface area contributed by atoms with Crippen molar-refractivity contribution < 1.29 is 103 Å². The molecular weight excluding hydrogens is 1780 g/mol. The summed E-state index contributed by atoms with van der Waals surface area (Å²) in [5, 5.41) is 21.0. The predicted octanol–water partition coefficient (Wildman–Crippen LogP) is 11.5. The summed E-state index contributed by atoms with van der Waals surface area (Å²) in [6.07, 6.45) is 16.5. The first-order valence-corrected chi connectivity index (χ1v) is 46.3. The number of hydrogen-bond donors (Lipinski definition) is 10. The van der Waals surface area contributed by atoms with Crippen molar-refractivity contribution in [1.29, 1.82) is 0 Å². The number of benzene rings is 5. The van der Waals surface area contributed by atoms with E-state index >= 15 is 0 Å². The Morgan fingerprint density at radius 2 is 0.608 bits per heavy atom. The second-order valence-electron chi connectivity index (χ2n) is 25.3. The lowest BCUT2D eigenvalue weighted by molar-refractivity contribution is 0.356. The number of methoxy groups -OCH3 is 10. The maximum absolute atomic E-state index is 11.3. The number of ether oxygens (including phenoxy) is 10. The summed E-state index contributed by atoms with van der Waals surface area (Å²) in [6, 6.07) is 25.4. The van der Waals surface area contributed by atoms with Crippen molar-refractivity contribution in [2.45, 2.75) is 0 Å². The van der Waals surface area contributed by atoms with Crippen LogP contribution in [0, 0.1) is 0 Å². The second-order valence-corrected chi connectivity index (χ2v) is 36.2. The molecule has 5 aromatic carbocycles. The molecule has 125 heavy (non-hydrogen) atoms. The molecule has 0 saturated carbocycles. The number of nitrogens with zero attached hydrogens (tertiary/aromatic N) is 12. The Hall–Kier alpha value is -14.4. The number of fused-ring (bicyclic) bond motifs is 5. The van der Waals surface area contributed by atoms with Crippen LogP contribution in [0.3, 0.4) is 0 Å². The molecule has 660 valence electrons. The molecule has 0 amide bonds. The van der Waals surface area contributed by atoms with Crippen LogP contribution in [0.5, 0.6) is 57.5 Å². The Morgan fingerprint density at radius 3 is 0.984 bits per heavy atom. The van der Waals surface area contributed by atoms with Gasteiger partial charge in [-0.15, -0.1) is 11.3 Å². The van der Waals surface area contributed by atoms with Gasteiger partial charge in [-0.3, -0.25) is 18.9 Å². The van der Waals surface area contributed by atoms with Gasteiger partial charge in [-0.2, -0.15) is 4.98 Å². The summed E-state index contributed by atoms with van der Waals surface area (Å²) in [5.41, 5.74) is 3.84. The van der Waals surface area contributed by atoms with Crippen LogP contribution in [-0.2, 0) is 50.1 Å². The van der Waals surface area contributed by atoms with E-state index < -0.39 is 50.1 Å². The Morgan fingerprint density at radius 1 is 0.280 bits per heavy atom. The van der Waals surface area contributed by atoms with Crippen molar-refractivity contribution >= 4 is 212 Å². The molecule has 0 bridgehead atoms. The fourth-order valence-electron chi connectivity index (χ4n) is 11.0. The van der Waals surface area contributed by atoms with Crippen LogP contribution in [0.4, 0.5) is 84.5 Å². The minimum atomic E-state index is -3.48. The summed E-state index contributed by atoms with van der Waals surface area (Å²) in [7, 11) is -1.54. The lowest BCUT2D eigenvalue weighted by atomic mass is 10.2. The summed E-state index contributed by atoms with van der Waals surface area (Å²) >= 11 is 2.41. The standard InChI is InChI=1S/2C15H16N4O5S.C15H16N4O4S2.C14H15N5O5S.C14H15N5O4S2/c1-22-12-5-10-11(6-13(12)23-2)16-8-17-15(10)18-9-4-14(24-7-9)19-25(3,20)21;2*1-22-11-6-9-10(7-12(11)23-2)16-8-17-15(9)18-13-4-5-14(24-13)19-25(3,20)21;2*1-22-10-4-8-9(5-11(10)23-2)16-7-17-13(8)18-12-6-15-14(24-12)19-25(3,20)21/h3*4-8,19H,1-3H3,(H,16,17,18);2*4-7H,1-3H3,(H,15,19)(H,16,17,18). The van der Waals surface area contributed by atoms with E-state index in [1.54, 1.807) is 129 Å². The molecule has 15 rings (SSSR count). The fraction of sp³-hybridized carbons (Fsp3) is 0.205. The third kappa shape index (κ3) is 25.0. The van der Waals surface area contributed by atoms with Gasteiger partial charge >= 0.3 is 6.01 Å². The monoisotopic (exact) mass is 1850 g/mol. The Kier molecular flexibility index (Phi) is 29.0. The summed E-state index contributed by atoms with van der Waals surface area (Å²) in [6.45, 7) is 0. The highest BCUT2D eigenvalue weighted by atomic mass is 32.2. The van der Waals surface area contributed by atoms with E-state index in [0.717, 1.165) is 58.4 Å². The highest BCUT2D eigenvalue weighted by molar-refractivity contribution is 7.93. The number of anilines is 15. The second kappa shape index (κ2) is 39.7. The van der Waals surface area contributed by atoms with Gasteiger partial charge in [0.15, 0.2) is 62.6 Å². The number of hydrogen-bond acceptors (Lipinski definition) is 42. The smallest absolute Gasteiger partial charge is 0.310 e. The van der Waals surface area contributed by atoms with Gasteiger partial charge in [0.05, 0.1) is 153 Å². The van der Waals surface area contributed by atoms with E-state index in [1.807, 2.05) is 0 Å². The molecule has 10 N–H and O–H groups in total. The van der Waals surface area contributed by atoms with Crippen molar-refractivity contribution in [1.82, 2.24) is 59.8 Å². The molecule has 0 spiro atoms. The van der Waals surface area contributed by atoms with Crippen molar-refractivity contribution in [2.24, 2.45) is 0 Å². The first kappa shape index (κ1) is 91.4. The van der Waals surface area contributed by atoms with Gasteiger partial charge in [0.25, 0.3) is 0 Å². The average Bonchev–Trinajstić information content (AvgIpc) is 0.950.